The average molecular weight is 346 g/mol. The highest BCUT2D eigenvalue weighted by atomic mass is 16.5. The van der Waals surface area contributed by atoms with Crippen LogP contribution in [0.15, 0.2) is 53.2 Å². The highest BCUT2D eigenvalue weighted by Gasteiger charge is 2.23. The molecule has 0 fully saturated rings. The second-order valence-corrected chi connectivity index (χ2v) is 6.08. The molecule has 7 heteroatoms. The van der Waals surface area contributed by atoms with Crippen molar-refractivity contribution in [3.63, 3.8) is 0 Å². The van der Waals surface area contributed by atoms with Gasteiger partial charge in [-0.3, -0.25) is 4.79 Å². The van der Waals surface area contributed by atoms with E-state index >= 15 is 0 Å². The molecule has 0 radical (unpaired) electrons. The van der Waals surface area contributed by atoms with Gasteiger partial charge in [0.25, 0.3) is 5.91 Å². The molecule has 1 atom stereocenters. The van der Waals surface area contributed by atoms with Gasteiger partial charge in [0.15, 0.2) is 17.5 Å². The van der Waals surface area contributed by atoms with Crippen LogP contribution in [-0.4, -0.2) is 22.0 Å². The van der Waals surface area contributed by atoms with E-state index in [1.165, 1.54) is 6.33 Å². The molecule has 1 aliphatic heterocycles. The van der Waals surface area contributed by atoms with E-state index < -0.39 is 6.10 Å². The lowest BCUT2D eigenvalue weighted by Gasteiger charge is -2.23. The maximum atomic E-state index is 11.8. The summed E-state index contributed by atoms with van der Waals surface area (Å²) in [7, 11) is 0. The Labute approximate surface area is 148 Å². The number of fused-ring (bicyclic) bond motifs is 4. The lowest BCUT2D eigenvalue weighted by Crippen LogP contribution is -2.34. The van der Waals surface area contributed by atoms with Crippen molar-refractivity contribution in [2.24, 2.45) is 0 Å². The van der Waals surface area contributed by atoms with Gasteiger partial charge in [-0.1, -0.05) is 12.1 Å². The van der Waals surface area contributed by atoms with Gasteiger partial charge in [-0.25, -0.2) is 9.97 Å². The molecule has 3 heterocycles. The van der Waals surface area contributed by atoms with Crippen LogP contribution in [-0.2, 0) is 4.79 Å². The first-order valence-electron chi connectivity index (χ1n) is 8.20. The quantitative estimate of drug-likeness (QED) is 0.573. The Morgan fingerprint density at radius 3 is 2.96 bits per heavy atom. The number of ether oxygens (including phenoxy) is 1. The van der Waals surface area contributed by atoms with Crippen molar-refractivity contribution in [2.45, 2.75) is 13.0 Å². The maximum Gasteiger partial charge on any atom is 0.265 e. The molecule has 0 bridgehead atoms. The topological polar surface area (TPSA) is 89.3 Å². The van der Waals surface area contributed by atoms with Gasteiger partial charge in [-0.2, -0.15) is 0 Å². The number of carbonyl (C=O) groups is 1. The number of hydrogen-bond acceptors (Lipinski definition) is 6. The molecular formula is C19H14N4O3. The molecule has 1 aliphatic rings. The smallest absolute Gasteiger partial charge is 0.265 e. The number of furan rings is 1. The number of benzene rings is 2. The zero-order valence-electron chi connectivity index (χ0n) is 13.8. The van der Waals surface area contributed by atoms with Crippen molar-refractivity contribution >= 4 is 45.2 Å². The summed E-state index contributed by atoms with van der Waals surface area (Å²) in [6.07, 6.45) is 0.996. The Kier molecular flexibility index (Phi) is 3.08. The van der Waals surface area contributed by atoms with E-state index in [1.54, 1.807) is 13.0 Å². The summed E-state index contributed by atoms with van der Waals surface area (Å²) in [6, 6.07) is 13.2. The van der Waals surface area contributed by atoms with Crippen molar-refractivity contribution in [3.8, 4) is 5.75 Å². The summed E-state index contributed by atoms with van der Waals surface area (Å²) >= 11 is 0. The molecule has 0 spiro atoms. The third-order valence-electron chi connectivity index (χ3n) is 4.33. The fraction of sp³-hybridized carbons (Fsp3) is 0.105. The van der Waals surface area contributed by atoms with E-state index in [-0.39, 0.29) is 5.91 Å². The van der Waals surface area contributed by atoms with Gasteiger partial charge in [0.2, 0.25) is 0 Å². The van der Waals surface area contributed by atoms with Crippen molar-refractivity contribution < 1.29 is 13.9 Å². The molecule has 26 heavy (non-hydrogen) atoms. The van der Waals surface area contributed by atoms with E-state index in [2.05, 4.69) is 20.6 Å². The number of amides is 1. The Morgan fingerprint density at radius 1 is 1.15 bits per heavy atom. The summed E-state index contributed by atoms with van der Waals surface area (Å²) in [5, 5.41) is 7.00. The zero-order valence-corrected chi connectivity index (χ0v) is 13.8. The van der Waals surface area contributed by atoms with Crippen LogP contribution in [0.2, 0.25) is 0 Å². The first-order chi connectivity index (χ1) is 12.7. The Bertz CT molecular complexity index is 1170. The number of nitrogens with zero attached hydrogens (tertiary/aromatic N) is 2. The molecule has 4 aromatic rings. The molecule has 2 aromatic carbocycles. The summed E-state index contributed by atoms with van der Waals surface area (Å²) in [4.78, 5) is 20.4. The maximum absolute atomic E-state index is 11.8. The Morgan fingerprint density at radius 2 is 2.04 bits per heavy atom. The van der Waals surface area contributed by atoms with Crippen LogP contribution < -0.4 is 15.4 Å². The summed E-state index contributed by atoms with van der Waals surface area (Å²) in [5.41, 5.74) is 3.46. The normalized spacial score (nSPS) is 16.2. The number of para-hydroxylation sites is 1. The number of carbonyl (C=O) groups excluding carboxylic acids is 1. The lowest BCUT2D eigenvalue weighted by molar-refractivity contribution is -0.122. The standard InChI is InChI=1S/C19H14N4O3/c1-10-19(24)23-13-8-11(6-7-15(13)25-10)22-18-17-16(20-9-21-18)12-4-2-3-5-14(12)26-17/h2-10H,1H3,(H,23,24)(H,20,21,22)/t10-/m1/s1. The van der Waals surface area contributed by atoms with E-state index in [9.17, 15) is 4.79 Å². The number of anilines is 3. The summed E-state index contributed by atoms with van der Waals surface area (Å²) in [6.45, 7) is 1.71. The van der Waals surface area contributed by atoms with Gasteiger partial charge in [-0.05, 0) is 37.3 Å². The van der Waals surface area contributed by atoms with Crippen molar-refractivity contribution in [1.29, 1.82) is 0 Å². The van der Waals surface area contributed by atoms with Crippen LogP contribution in [0, 0.1) is 0 Å². The SMILES string of the molecule is C[C@H]1Oc2ccc(Nc3ncnc4c3oc3ccccc34)cc2NC1=O. The molecular weight excluding hydrogens is 332 g/mol. The van der Waals surface area contributed by atoms with E-state index in [1.807, 2.05) is 36.4 Å². The predicted octanol–water partition coefficient (Wildman–Crippen LogP) is 3.84. The zero-order chi connectivity index (χ0) is 17.7. The van der Waals surface area contributed by atoms with Gasteiger partial charge in [0.05, 0.1) is 5.69 Å². The summed E-state index contributed by atoms with van der Waals surface area (Å²) < 4.78 is 11.5. The predicted molar refractivity (Wildman–Crippen MR) is 97.8 cm³/mol. The minimum absolute atomic E-state index is 0.170. The molecule has 7 nitrogen and oxygen atoms in total. The van der Waals surface area contributed by atoms with Crippen molar-refractivity contribution in [3.05, 3.63) is 48.8 Å². The molecule has 1 amide bonds. The molecule has 0 aliphatic carbocycles. The molecule has 0 unspecified atom stereocenters. The minimum Gasteiger partial charge on any atom is -0.479 e. The number of aromatic nitrogens is 2. The van der Waals surface area contributed by atoms with E-state index in [0.29, 0.717) is 22.8 Å². The first-order valence-corrected chi connectivity index (χ1v) is 8.20. The number of nitrogens with one attached hydrogen (secondary N) is 2. The van der Waals surface area contributed by atoms with Gasteiger partial charge >= 0.3 is 0 Å². The van der Waals surface area contributed by atoms with Gasteiger partial charge < -0.3 is 19.8 Å². The molecule has 2 N–H and O–H groups in total. The third kappa shape index (κ3) is 2.25. The largest absolute Gasteiger partial charge is 0.479 e. The van der Waals surface area contributed by atoms with Crippen LogP contribution in [0.4, 0.5) is 17.2 Å². The summed E-state index contributed by atoms with van der Waals surface area (Å²) in [5.74, 6) is 1.03. The fourth-order valence-electron chi connectivity index (χ4n) is 3.04. The highest BCUT2D eigenvalue weighted by Crippen LogP contribution is 2.35. The van der Waals surface area contributed by atoms with Crippen LogP contribution >= 0.6 is 0 Å². The van der Waals surface area contributed by atoms with Crippen LogP contribution in [0.3, 0.4) is 0 Å². The van der Waals surface area contributed by atoms with E-state index in [4.69, 9.17) is 9.15 Å². The monoisotopic (exact) mass is 346 g/mol. The molecule has 128 valence electrons. The van der Waals surface area contributed by atoms with E-state index in [0.717, 1.165) is 22.2 Å². The molecule has 0 saturated carbocycles. The number of hydrogen-bond donors (Lipinski definition) is 2. The van der Waals surface area contributed by atoms with Crippen LogP contribution in [0.5, 0.6) is 5.75 Å². The van der Waals surface area contributed by atoms with Crippen molar-refractivity contribution in [1.82, 2.24) is 9.97 Å². The molecule has 2 aromatic heterocycles. The highest BCUT2D eigenvalue weighted by molar-refractivity contribution is 6.06. The average Bonchev–Trinajstić information content (AvgIpc) is 3.03. The minimum atomic E-state index is -0.502. The lowest BCUT2D eigenvalue weighted by atomic mass is 10.2. The first kappa shape index (κ1) is 14.7. The third-order valence-corrected chi connectivity index (χ3v) is 4.33. The molecule has 0 saturated heterocycles. The molecule has 5 rings (SSSR count). The number of rotatable bonds is 2. The van der Waals surface area contributed by atoms with Crippen LogP contribution in [0.1, 0.15) is 6.92 Å². The van der Waals surface area contributed by atoms with Gasteiger partial charge in [0, 0.05) is 11.1 Å². The van der Waals surface area contributed by atoms with Crippen molar-refractivity contribution in [2.75, 3.05) is 10.6 Å². The Hall–Kier alpha value is -3.61. The second-order valence-electron chi connectivity index (χ2n) is 6.08. The Balaban J connectivity index is 1.56. The fourth-order valence-corrected chi connectivity index (χ4v) is 3.04. The van der Waals surface area contributed by atoms with Gasteiger partial charge in [0.1, 0.15) is 23.2 Å². The second kappa shape index (κ2) is 5.45. The van der Waals surface area contributed by atoms with Gasteiger partial charge in [-0.15, -0.1) is 0 Å². The van der Waals surface area contributed by atoms with Crippen LogP contribution in [0.25, 0.3) is 22.1 Å².